The number of carbonyl (C=O) groups is 2. The predicted octanol–water partition coefficient (Wildman–Crippen LogP) is 3.47. The molecule has 0 spiro atoms. The first kappa shape index (κ1) is 23.6. The summed E-state index contributed by atoms with van der Waals surface area (Å²) in [6, 6.07) is 18.8. The largest absolute Gasteiger partial charge is 0.497 e. The van der Waals surface area contributed by atoms with Crippen LogP contribution in [0.3, 0.4) is 0 Å². The van der Waals surface area contributed by atoms with Crippen LogP contribution in [0.25, 0.3) is 0 Å². The summed E-state index contributed by atoms with van der Waals surface area (Å²) in [4.78, 5) is 23.2. The number of hydrogen-bond acceptors (Lipinski definition) is 6. The highest BCUT2D eigenvalue weighted by Gasteiger charge is 2.14. The average molecular weight is 470 g/mol. The lowest BCUT2D eigenvalue weighted by atomic mass is 10.2. The molecular weight excluding hydrogens is 446 g/mol. The summed E-state index contributed by atoms with van der Waals surface area (Å²) >= 11 is 0. The van der Waals surface area contributed by atoms with Crippen LogP contribution in [0, 0.1) is 0 Å². The van der Waals surface area contributed by atoms with Crippen LogP contribution in [0.2, 0.25) is 0 Å². The second kappa shape index (κ2) is 10.5. The highest BCUT2D eigenvalue weighted by Crippen LogP contribution is 2.21. The van der Waals surface area contributed by atoms with Crippen molar-refractivity contribution >= 4 is 38.9 Å². The Kier molecular flexibility index (Phi) is 7.52. The van der Waals surface area contributed by atoms with E-state index in [1.54, 1.807) is 48.5 Å². The summed E-state index contributed by atoms with van der Waals surface area (Å²) in [5.74, 6) is 0.385. The van der Waals surface area contributed by atoms with Crippen molar-refractivity contribution in [2.45, 2.75) is 11.8 Å². The Labute approximate surface area is 191 Å². The molecular formula is C23H23N3O6S. The monoisotopic (exact) mass is 469 g/mol. The van der Waals surface area contributed by atoms with Gasteiger partial charge in [-0.1, -0.05) is 0 Å². The van der Waals surface area contributed by atoms with Gasteiger partial charge in [-0.15, -0.1) is 0 Å². The van der Waals surface area contributed by atoms with E-state index in [1.807, 2.05) is 0 Å². The van der Waals surface area contributed by atoms with E-state index < -0.39 is 10.0 Å². The Hall–Kier alpha value is -4.05. The van der Waals surface area contributed by atoms with Crippen molar-refractivity contribution in [3.05, 3.63) is 72.8 Å². The predicted molar refractivity (Wildman–Crippen MR) is 125 cm³/mol. The summed E-state index contributed by atoms with van der Waals surface area (Å²) in [5.41, 5.74) is 1.56. The Morgan fingerprint density at radius 2 is 1.27 bits per heavy atom. The molecule has 0 unspecified atom stereocenters. The van der Waals surface area contributed by atoms with E-state index in [0.717, 1.165) is 0 Å². The van der Waals surface area contributed by atoms with Gasteiger partial charge >= 0.3 is 0 Å². The molecule has 0 heterocycles. The van der Waals surface area contributed by atoms with Gasteiger partial charge in [-0.25, -0.2) is 8.42 Å². The summed E-state index contributed by atoms with van der Waals surface area (Å²) in [7, 11) is -2.26. The number of hydrogen-bond donors (Lipinski definition) is 3. The zero-order valence-electron chi connectivity index (χ0n) is 18.0. The smallest absolute Gasteiger partial charge is 0.262 e. The molecule has 0 aliphatic carbocycles. The number of benzene rings is 3. The molecule has 0 radical (unpaired) electrons. The highest BCUT2D eigenvalue weighted by molar-refractivity contribution is 7.92. The Bertz CT molecular complexity index is 1210. The van der Waals surface area contributed by atoms with E-state index >= 15 is 0 Å². The van der Waals surface area contributed by atoms with Crippen LogP contribution in [0.5, 0.6) is 11.5 Å². The van der Waals surface area contributed by atoms with E-state index in [2.05, 4.69) is 15.4 Å². The Morgan fingerprint density at radius 1 is 0.758 bits per heavy atom. The molecule has 0 bridgehead atoms. The fraction of sp³-hybridized carbons (Fsp3) is 0.130. The van der Waals surface area contributed by atoms with Crippen LogP contribution in [0.1, 0.15) is 6.92 Å². The van der Waals surface area contributed by atoms with Gasteiger partial charge in [-0.2, -0.15) is 0 Å². The molecule has 9 nitrogen and oxygen atoms in total. The fourth-order valence-corrected chi connectivity index (χ4v) is 3.83. The SMILES string of the molecule is COc1ccc(NS(=O)(=O)c2ccc(OCC(=O)Nc3ccc(NC(C)=O)cc3)cc2)cc1. The zero-order chi connectivity index (χ0) is 23.8. The minimum Gasteiger partial charge on any atom is -0.497 e. The Morgan fingerprint density at radius 3 is 1.82 bits per heavy atom. The number of rotatable bonds is 9. The first-order chi connectivity index (χ1) is 15.7. The number of methoxy groups -OCH3 is 1. The van der Waals surface area contributed by atoms with Crippen LogP contribution < -0.4 is 24.8 Å². The lowest BCUT2D eigenvalue weighted by Crippen LogP contribution is -2.20. The number of amides is 2. The maximum Gasteiger partial charge on any atom is 0.262 e. The first-order valence-electron chi connectivity index (χ1n) is 9.82. The summed E-state index contributed by atoms with van der Waals surface area (Å²) in [6.45, 7) is 1.15. The topological polar surface area (TPSA) is 123 Å². The zero-order valence-corrected chi connectivity index (χ0v) is 18.8. The van der Waals surface area contributed by atoms with Crippen LogP contribution in [-0.4, -0.2) is 33.9 Å². The maximum atomic E-state index is 12.5. The highest BCUT2D eigenvalue weighted by atomic mass is 32.2. The number of anilines is 3. The first-order valence-corrected chi connectivity index (χ1v) is 11.3. The number of nitrogens with one attached hydrogen (secondary N) is 3. The lowest BCUT2D eigenvalue weighted by molar-refractivity contribution is -0.118. The molecule has 0 saturated carbocycles. The molecule has 10 heteroatoms. The minimum atomic E-state index is -3.78. The fourth-order valence-electron chi connectivity index (χ4n) is 2.77. The van der Waals surface area contributed by atoms with Gasteiger partial charge in [0.15, 0.2) is 6.61 Å². The molecule has 0 atom stereocenters. The molecule has 3 N–H and O–H groups in total. The van der Waals surface area contributed by atoms with E-state index in [1.165, 1.54) is 38.3 Å². The van der Waals surface area contributed by atoms with Crippen LogP contribution >= 0.6 is 0 Å². The van der Waals surface area contributed by atoms with Crippen molar-refractivity contribution in [3.63, 3.8) is 0 Å². The second-order valence-electron chi connectivity index (χ2n) is 6.90. The third-order valence-corrected chi connectivity index (χ3v) is 5.73. The molecule has 3 aromatic rings. The van der Waals surface area contributed by atoms with Crippen molar-refractivity contribution in [1.82, 2.24) is 0 Å². The van der Waals surface area contributed by atoms with Crippen LogP contribution in [0.4, 0.5) is 17.1 Å². The number of sulfonamides is 1. The quantitative estimate of drug-likeness (QED) is 0.441. The van der Waals surface area contributed by atoms with Crippen molar-refractivity contribution in [3.8, 4) is 11.5 Å². The van der Waals surface area contributed by atoms with Gasteiger partial charge in [0.25, 0.3) is 15.9 Å². The molecule has 3 rings (SSSR count). The standard InChI is InChI=1S/C23H23N3O6S/c1-16(27)24-17-3-5-18(6-4-17)25-23(28)15-32-21-11-13-22(14-12-21)33(29,30)26-19-7-9-20(31-2)10-8-19/h3-14,26H,15H2,1-2H3,(H,24,27)(H,25,28). The van der Waals surface area contributed by atoms with Gasteiger partial charge in [0.2, 0.25) is 5.91 Å². The summed E-state index contributed by atoms with van der Waals surface area (Å²) in [5, 5.41) is 5.31. The molecule has 0 aromatic heterocycles. The van der Waals surface area contributed by atoms with Crippen molar-refractivity contribution in [1.29, 1.82) is 0 Å². The van der Waals surface area contributed by atoms with Gasteiger partial charge in [0, 0.05) is 24.0 Å². The van der Waals surface area contributed by atoms with Gasteiger partial charge in [0.05, 0.1) is 12.0 Å². The molecule has 0 aliphatic heterocycles. The number of carbonyl (C=O) groups excluding carboxylic acids is 2. The second-order valence-corrected chi connectivity index (χ2v) is 8.58. The third-order valence-electron chi connectivity index (χ3n) is 4.34. The normalized spacial score (nSPS) is 10.7. The van der Waals surface area contributed by atoms with Crippen LogP contribution in [0.15, 0.2) is 77.7 Å². The third kappa shape index (κ3) is 6.97. The molecule has 0 fully saturated rings. The van der Waals surface area contributed by atoms with Gasteiger partial charge in [-0.05, 0) is 72.8 Å². The van der Waals surface area contributed by atoms with E-state index in [-0.39, 0.29) is 23.3 Å². The van der Waals surface area contributed by atoms with E-state index in [9.17, 15) is 18.0 Å². The molecule has 2 amide bonds. The van der Waals surface area contributed by atoms with Gasteiger partial charge in [0.1, 0.15) is 11.5 Å². The van der Waals surface area contributed by atoms with E-state index in [0.29, 0.717) is 28.6 Å². The molecule has 0 saturated heterocycles. The Balaban J connectivity index is 1.53. The maximum absolute atomic E-state index is 12.5. The van der Waals surface area contributed by atoms with Crippen molar-refractivity contribution in [2.24, 2.45) is 0 Å². The lowest BCUT2D eigenvalue weighted by Gasteiger charge is -2.11. The number of ether oxygens (including phenoxy) is 2. The average Bonchev–Trinajstić information content (AvgIpc) is 2.79. The summed E-state index contributed by atoms with van der Waals surface area (Å²) < 4.78 is 38.1. The van der Waals surface area contributed by atoms with Crippen molar-refractivity contribution in [2.75, 3.05) is 29.1 Å². The molecule has 172 valence electrons. The summed E-state index contributed by atoms with van der Waals surface area (Å²) in [6.07, 6.45) is 0. The van der Waals surface area contributed by atoms with Gasteiger partial charge in [-0.3, -0.25) is 14.3 Å². The molecule has 33 heavy (non-hydrogen) atoms. The van der Waals surface area contributed by atoms with Crippen LogP contribution in [-0.2, 0) is 19.6 Å². The molecule has 0 aliphatic rings. The molecule has 3 aromatic carbocycles. The van der Waals surface area contributed by atoms with E-state index in [4.69, 9.17) is 9.47 Å². The van der Waals surface area contributed by atoms with Crippen molar-refractivity contribution < 1.29 is 27.5 Å². The minimum absolute atomic E-state index is 0.0504. The van der Waals surface area contributed by atoms with Gasteiger partial charge < -0.3 is 20.1 Å².